The fraction of sp³-hybridized carbons (Fsp3) is 0.342. The fourth-order valence-electron chi connectivity index (χ4n) is 6.56. The molecule has 46 heavy (non-hydrogen) atoms. The van der Waals surface area contributed by atoms with Crippen LogP contribution in [-0.4, -0.2) is 45.7 Å². The lowest BCUT2D eigenvalue weighted by Gasteiger charge is -2.36. The van der Waals surface area contributed by atoms with Crippen LogP contribution in [0.3, 0.4) is 0 Å². The minimum atomic E-state index is -0.893. The first-order chi connectivity index (χ1) is 22.3. The third-order valence-electron chi connectivity index (χ3n) is 8.87. The number of aliphatic hydroxyl groups excluding tert-OH is 1. The van der Waals surface area contributed by atoms with E-state index in [9.17, 15) is 25.2 Å². The van der Waals surface area contributed by atoms with Crippen LogP contribution in [0, 0.1) is 5.92 Å². The van der Waals surface area contributed by atoms with Gasteiger partial charge in [0.15, 0.2) is 23.0 Å². The van der Waals surface area contributed by atoms with Crippen molar-refractivity contribution in [1.82, 2.24) is 0 Å². The molecule has 0 unspecified atom stereocenters. The maximum Gasteiger partial charge on any atom is 0.200 e. The van der Waals surface area contributed by atoms with E-state index in [1.54, 1.807) is 18.2 Å². The van der Waals surface area contributed by atoms with Crippen molar-refractivity contribution in [2.75, 3.05) is 13.3 Å². The second-order valence-corrected chi connectivity index (χ2v) is 12.1. The van der Waals surface area contributed by atoms with Gasteiger partial charge in [-0.15, -0.1) is 0 Å². The van der Waals surface area contributed by atoms with Crippen molar-refractivity contribution in [3.8, 4) is 28.7 Å². The number of aromatic hydroxyl groups is 3. The molecule has 242 valence electrons. The van der Waals surface area contributed by atoms with Gasteiger partial charge in [-0.1, -0.05) is 66.7 Å². The Bertz CT molecular complexity index is 1590. The Morgan fingerprint density at radius 1 is 0.848 bits per heavy atom. The van der Waals surface area contributed by atoms with Crippen molar-refractivity contribution in [2.24, 2.45) is 11.7 Å². The van der Waals surface area contributed by atoms with E-state index in [4.69, 9.17) is 15.2 Å². The van der Waals surface area contributed by atoms with Gasteiger partial charge in [0.1, 0.15) is 12.5 Å². The number of aryl methyl sites for hydroxylation is 1. The van der Waals surface area contributed by atoms with Crippen LogP contribution in [0.15, 0.2) is 84.9 Å². The van der Waals surface area contributed by atoms with Gasteiger partial charge in [0, 0.05) is 24.8 Å². The van der Waals surface area contributed by atoms with Crippen LogP contribution in [0.2, 0.25) is 0 Å². The van der Waals surface area contributed by atoms with Gasteiger partial charge in [-0.25, -0.2) is 0 Å². The zero-order valence-electron chi connectivity index (χ0n) is 26.0. The molecule has 0 heterocycles. The first-order valence-corrected chi connectivity index (χ1v) is 15.9. The van der Waals surface area contributed by atoms with Crippen LogP contribution in [-0.2, 0) is 30.5 Å². The van der Waals surface area contributed by atoms with Gasteiger partial charge in [0.05, 0.1) is 12.7 Å². The van der Waals surface area contributed by atoms with Gasteiger partial charge in [-0.2, -0.15) is 0 Å². The van der Waals surface area contributed by atoms with Crippen LogP contribution < -0.4 is 15.2 Å². The highest BCUT2D eigenvalue weighted by Crippen LogP contribution is 2.50. The van der Waals surface area contributed by atoms with Crippen LogP contribution in [0.5, 0.6) is 28.7 Å². The molecule has 3 atom stereocenters. The first-order valence-electron chi connectivity index (χ1n) is 15.9. The molecule has 0 saturated carbocycles. The Hall–Kier alpha value is -4.53. The summed E-state index contributed by atoms with van der Waals surface area (Å²) in [6, 6.07) is 26.6. The van der Waals surface area contributed by atoms with E-state index >= 15 is 0 Å². The number of carbonyl (C=O) groups is 1. The zero-order valence-corrected chi connectivity index (χ0v) is 26.0. The molecule has 5 rings (SSSR count). The van der Waals surface area contributed by atoms with Gasteiger partial charge in [-0.3, -0.25) is 10.5 Å². The highest BCUT2D eigenvalue weighted by molar-refractivity contribution is 5.79. The number of benzene rings is 4. The summed E-state index contributed by atoms with van der Waals surface area (Å²) < 4.78 is 11.4. The number of nitrogens with two attached hydrogens (primary N) is 1. The number of carbonyl (C=O) groups excluding carboxylic acids is 1. The standard InChI is InChI=1S/C38H43NO7/c39-24-46-36-20-27(12-16-34(36)42)11-14-29(40)21-30(41)22-32-28(19-26-9-5-2-6-10-26)13-15-31-33(32)23-35(43)37(44)38(31)45-18-17-25-7-3-1-4-8-25/h1-10,12,16,20,23,28,30,32,41-44H,11,13-15,17-19,21-22,24,39H2/t28-,30-,32+/m0/s1. The summed E-state index contributed by atoms with van der Waals surface area (Å²) in [5.74, 6) is -0.0548. The maximum atomic E-state index is 13.0. The lowest BCUT2D eigenvalue weighted by atomic mass is 9.70. The van der Waals surface area contributed by atoms with Gasteiger partial charge in [-0.05, 0) is 84.4 Å². The number of aliphatic hydroxyl groups is 1. The van der Waals surface area contributed by atoms with E-state index < -0.39 is 6.10 Å². The quantitative estimate of drug-likeness (QED) is 0.0806. The predicted molar refractivity (Wildman–Crippen MR) is 176 cm³/mol. The summed E-state index contributed by atoms with van der Waals surface area (Å²) in [7, 11) is 0. The molecule has 0 amide bonds. The van der Waals surface area contributed by atoms with E-state index in [1.165, 1.54) is 11.6 Å². The Kier molecular flexibility index (Phi) is 11.2. The SMILES string of the molecule is NCOc1cc(CCC(=O)C[C@H](O)C[C@H]2c3cc(O)c(O)c(OCCc4ccccc4)c3CC[C@H]2Cc2ccccc2)ccc1O. The predicted octanol–water partition coefficient (Wildman–Crippen LogP) is 5.95. The summed E-state index contributed by atoms with van der Waals surface area (Å²) in [4.78, 5) is 13.0. The molecular formula is C38H43NO7. The van der Waals surface area contributed by atoms with Crippen LogP contribution in [0.1, 0.15) is 59.4 Å². The molecule has 0 spiro atoms. The molecule has 6 N–H and O–H groups in total. The van der Waals surface area contributed by atoms with Gasteiger partial charge in [0.25, 0.3) is 0 Å². The molecule has 0 radical (unpaired) electrons. The summed E-state index contributed by atoms with van der Waals surface area (Å²) in [5, 5.41) is 42.9. The molecule has 4 aromatic carbocycles. The maximum absolute atomic E-state index is 13.0. The molecule has 0 bridgehead atoms. The smallest absolute Gasteiger partial charge is 0.200 e. The first kappa shape index (κ1) is 32.9. The van der Waals surface area contributed by atoms with Crippen LogP contribution in [0.4, 0.5) is 0 Å². The Balaban J connectivity index is 1.32. The lowest BCUT2D eigenvalue weighted by molar-refractivity contribution is -0.121. The van der Waals surface area contributed by atoms with Gasteiger partial charge < -0.3 is 29.9 Å². The molecule has 8 heteroatoms. The van der Waals surface area contributed by atoms with E-state index in [0.717, 1.165) is 35.1 Å². The Morgan fingerprint density at radius 2 is 1.57 bits per heavy atom. The number of hydrogen-bond donors (Lipinski definition) is 5. The van der Waals surface area contributed by atoms with E-state index in [1.807, 2.05) is 48.5 Å². The van der Waals surface area contributed by atoms with Crippen LogP contribution >= 0.6 is 0 Å². The minimum Gasteiger partial charge on any atom is -0.504 e. The largest absolute Gasteiger partial charge is 0.504 e. The summed E-state index contributed by atoms with van der Waals surface area (Å²) in [5.41, 5.74) is 10.2. The van der Waals surface area contributed by atoms with E-state index in [0.29, 0.717) is 38.0 Å². The number of ketones is 1. The van der Waals surface area contributed by atoms with Crippen molar-refractivity contribution >= 4 is 5.78 Å². The van der Waals surface area contributed by atoms with Crippen molar-refractivity contribution < 1.29 is 34.7 Å². The molecule has 8 nitrogen and oxygen atoms in total. The number of rotatable bonds is 15. The average molecular weight is 626 g/mol. The number of Topliss-reactive ketones (excluding diaryl/α,β-unsaturated/α-hetero) is 1. The van der Waals surface area contributed by atoms with Crippen molar-refractivity contribution in [1.29, 1.82) is 0 Å². The molecule has 0 fully saturated rings. The highest BCUT2D eigenvalue weighted by atomic mass is 16.5. The number of hydrogen-bond acceptors (Lipinski definition) is 8. The highest BCUT2D eigenvalue weighted by Gasteiger charge is 2.35. The molecule has 0 aromatic heterocycles. The average Bonchev–Trinajstić information content (AvgIpc) is 3.05. The summed E-state index contributed by atoms with van der Waals surface area (Å²) >= 11 is 0. The lowest BCUT2D eigenvalue weighted by Crippen LogP contribution is -2.28. The number of fused-ring (bicyclic) bond motifs is 1. The second kappa shape index (κ2) is 15.7. The molecule has 0 saturated heterocycles. The van der Waals surface area contributed by atoms with Crippen molar-refractivity contribution in [2.45, 2.75) is 63.4 Å². The second-order valence-electron chi connectivity index (χ2n) is 12.1. The molecule has 1 aliphatic rings. The topological polar surface area (TPSA) is 142 Å². The third-order valence-corrected chi connectivity index (χ3v) is 8.87. The summed E-state index contributed by atoms with van der Waals surface area (Å²) in [6.45, 7) is 0.264. The fourth-order valence-corrected chi connectivity index (χ4v) is 6.56. The number of phenolic OH excluding ortho intramolecular Hbond substituents is 3. The number of phenols is 3. The number of ether oxygens (including phenoxy) is 2. The van der Waals surface area contributed by atoms with Crippen molar-refractivity contribution in [3.63, 3.8) is 0 Å². The Labute approximate surface area is 270 Å². The van der Waals surface area contributed by atoms with E-state index in [2.05, 4.69) is 12.1 Å². The monoisotopic (exact) mass is 625 g/mol. The van der Waals surface area contributed by atoms with Gasteiger partial charge >= 0.3 is 0 Å². The third kappa shape index (κ3) is 8.38. The van der Waals surface area contributed by atoms with Gasteiger partial charge in [0.2, 0.25) is 5.75 Å². The molecule has 1 aliphatic carbocycles. The molecule has 0 aliphatic heterocycles. The molecule has 4 aromatic rings. The summed E-state index contributed by atoms with van der Waals surface area (Å²) in [6.07, 6.45) is 3.00. The molecular weight excluding hydrogens is 582 g/mol. The van der Waals surface area contributed by atoms with Crippen LogP contribution in [0.25, 0.3) is 0 Å². The minimum absolute atomic E-state index is 0.00136. The zero-order chi connectivity index (χ0) is 32.5. The normalized spacial score (nSPS) is 16.4. The Morgan fingerprint density at radius 3 is 2.28 bits per heavy atom. The van der Waals surface area contributed by atoms with E-state index in [-0.39, 0.29) is 60.2 Å². The van der Waals surface area contributed by atoms with Crippen molar-refractivity contribution in [3.05, 3.63) is 113 Å².